The fraction of sp³-hybridized carbons (Fsp3) is 0.587. The summed E-state index contributed by atoms with van der Waals surface area (Å²) in [6.07, 6.45) is -8.67. The summed E-state index contributed by atoms with van der Waals surface area (Å²) in [6.45, 7) is 17.3. The predicted octanol–water partition coefficient (Wildman–Crippen LogP) is 7.78. The lowest BCUT2D eigenvalue weighted by Gasteiger charge is -2.67. The van der Waals surface area contributed by atoms with Crippen LogP contribution in [0, 0.1) is 22.7 Å². The van der Waals surface area contributed by atoms with Crippen molar-refractivity contribution in [2.75, 3.05) is 13.7 Å². The third-order valence-corrected chi connectivity index (χ3v) is 20.2. The van der Waals surface area contributed by atoms with E-state index >= 15 is 9.59 Å². The number of Topliss-reactive ketones (excluding diaryl/α,β-unsaturated/α-hetero) is 1. The van der Waals surface area contributed by atoms with Gasteiger partial charge in [-0.15, -0.1) is 5.06 Å². The number of rotatable bonds is 21. The number of aliphatic hydroxyl groups is 1. The van der Waals surface area contributed by atoms with Crippen LogP contribution in [0.15, 0.2) is 82.3 Å². The molecular weight excluding hydrogens is 1170 g/mol. The molecule has 5 fully saturated rings. The van der Waals surface area contributed by atoms with Crippen LogP contribution >= 0.6 is 21.6 Å². The average molecular weight is 1250 g/mol. The molecule has 2 N–H and O–H groups in total. The zero-order chi connectivity index (χ0) is 63.7. The predicted molar refractivity (Wildman–Crippen MR) is 312 cm³/mol. The molecule has 472 valence electrons. The summed E-state index contributed by atoms with van der Waals surface area (Å²) in [5.41, 5.74) is -7.59. The Morgan fingerprint density at radius 2 is 1.55 bits per heavy atom. The van der Waals surface area contributed by atoms with Gasteiger partial charge >= 0.3 is 41.9 Å². The van der Waals surface area contributed by atoms with Crippen molar-refractivity contribution in [1.82, 2.24) is 10.4 Å². The van der Waals surface area contributed by atoms with Gasteiger partial charge in [0.05, 0.1) is 48.0 Å². The van der Waals surface area contributed by atoms with Crippen molar-refractivity contribution in [3.05, 3.63) is 88.5 Å². The van der Waals surface area contributed by atoms with Crippen LogP contribution in [0.25, 0.3) is 0 Å². The second-order valence-electron chi connectivity index (χ2n) is 25.2. The number of ketones is 1. The summed E-state index contributed by atoms with van der Waals surface area (Å²) in [7, 11) is 4.07. The highest BCUT2D eigenvalue weighted by molar-refractivity contribution is 8.77. The first-order chi connectivity index (χ1) is 40.8. The van der Waals surface area contributed by atoms with Crippen LogP contribution in [0.2, 0.25) is 0 Å². The zero-order valence-electron chi connectivity index (χ0n) is 51.1. The summed E-state index contributed by atoms with van der Waals surface area (Å²) in [5, 5.41) is 17.3. The van der Waals surface area contributed by atoms with Gasteiger partial charge < -0.3 is 53.2 Å². The molecule has 0 spiro atoms. The summed E-state index contributed by atoms with van der Waals surface area (Å²) >= 11 is 0. The van der Waals surface area contributed by atoms with Crippen LogP contribution in [0.1, 0.15) is 143 Å². The third-order valence-electron chi connectivity index (χ3n) is 17.1. The van der Waals surface area contributed by atoms with Crippen LogP contribution in [-0.2, 0) is 87.5 Å². The number of amides is 3. The molecule has 2 saturated heterocycles. The van der Waals surface area contributed by atoms with E-state index in [1.54, 1.807) is 105 Å². The number of nitrogens with zero attached hydrogens (tertiary/aromatic N) is 1. The van der Waals surface area contributed by atoms with E-state index in [4.69, 9.17) is 42.7 Å². The molecule has 8 rings (SSSR count). The molecule has 3 saturated carbocycles. The van der Waals surface area contributed by atoms with E-state index in [9.17, 15) is 43.5 Å². The zero-order valence-corrected chi connectivity index (χ0v) is 52.7. The van der Waals surface area contributed by atoms with Crippen LogP contribution < -0.4 is 5.32 Å². The molecule has 2 aromatic carbocycles. The highest BCUT2D eigenvalue weighted by atomic mass is 33.1. The molecule has 3 amide bonds. The maximum absolute atomic E-state index is 16.3. The van der Waals surface area contributed by atoms with Crippen LogP contribution in [-0.4, -0.2) is 148 Å². The van der Waals surface area contributed by atoms with E-state index in [1.807, 2.05) is 6.92 Å². The Bertz CT molecular complexity index is 3100. The lowest BCUT2D eigenvalue weighted by Crippen LogP contribution is -2.82. The topological polar surface area (TPSA) is 289 Å². The Kier molecular flexibility index (Phi) is 20.0. The summed E-state index contributed by atoms with van der Waals surface area (Å²) in [4.78, 5) is 145. The Balaban J connectivity index is 1.18. The summed E-state index contributed by atoms with van der Waals surface area (Å²) < 4.78 is 49.8. The van der Waals surface area contributed by atoms with Crippen molar-refractivity contribution in [2.45, 2.75) is 204 Å². The Labute approximate surface area is 513 Å². The van der Waals surface area contributed by atoms with Gasteiger partial charge in [0.2, 0.25) is 6.10 Å². The molecule has 2 aliphatic heterocycles. The quantitative estimate of drug-likeness (QED) is 0.0396. The van der Waals surface area contributed by atoms with Crippen molar-refractivity contribution >= 4 is 81.1 Å². The normalized spacial score (nSPS) is 28.3. The lowest BCUT2D eigenvalue weighted by molar-refractivity contribution is -0.347. The number of alkyl carbamates (subject to hydrolysis) is 1. The standard InChI is InChI=1S/C63H78N2O20S2/c1-33(2)28-40(64-58(75)84-59(6,7)8)50(80-48(70)29-39-20-16-17-21-42(39)87-86-34(3)22-27-47(69)85-65-45(67)25-26-46(65)68)57(74)79-41-31-63(76)54(82-56(73)37-18-14-13-15-19-37)52-61(11,43(77-12)30-44-62(52,32-78-44)83-36(5)66)53(71)51(81-55(72)38-23-24-38)49(35(41)4)60(63,9)10/h13-21,28,34,38,40-41,43-44,50-52,54,76H,22-27,29-32H2,1-12H3,(H,64,75)/t34?,40-,41-,43-,44+,50+,51+,52-,54-,61+,62-,63+/m0/s1. The molecule has 12 atom stereocenters. The van der Waals surface area contributed by atoms with Gasteiger partial charge in [0.25, 0.3) is 11.8 Å². The summed E-state index contributed by atoms with van der Waals surface area (Å²) in [6, 6.07) is 13.3. The molecule has 22 nitrogen and oxygen atoms in total. The molecule has 2 aromatic rings. The van der Waals surface area contributed by atoms with Crippen LogP contribution in [0.3, 0.4) is 0 Å². The molecule has 6 aliphatic rings. The van der Waals surface area contributed by atoms with Gasteiger partial charge in [-0.1, -0.05) is 90.4 Å². The first-order valence-corrected chi connectivity index (χ1v) is 31.4. The largest absolute Gasteiger partial charge is 0.455 e. The number of esters is 5. The second kappa shape index (κ2) is 26.2. The number of ether oxygens (including phenoxy) is 8. The van der Waals surface area contributed by atoms with Crippen molar-refractivity contribution in [3.8, 4) is 0 Å². The number of hydroxylamine groups is 2. The minimum absolute atomic E-state index is 0.00627. The third kappa shape index (κ3) is 14.0. The number of nitrogens with one attached hydrogen (secondary N) is 1. The number of imide groups is 1. The van der Waals surface area contributed by atoms with Gasteiger partial charge in [-0.3, -0.25) is 28.8 Å². The minimum Gasteiger partial charge on any atom is -0.455 e. The van der Waals surface area contributed by atoms with Crippen molar-refractivity contribution in [1.29, 1.82) is 0 Å². The van der Waals surface area contributed by atoms with Crippen LogP contribution in [0.5, 0.6) is 0 Å². The van der Waals surface area contributed by atoms with E-state index in [1.165, 1.54) is 53.8 Å². The molecular formula is C63H78N2O20S2. The maximum Gasteiger partial charge on any atom is 0.408 e. The SMILES string of the molecule is CO[C@H]1C[C@H]2OC[C@@]2(OC(C)=O)[C@H]2[C@H](OC(=O)c3ccccc3)[C@]3(O)C[C@H](OC(=O)[C@H](OC(=O)Cc4ccccc4SSC(C)CCC(=O)ON4C(=O)CCC4=O)[C@H](C=C(C)C)NC(=O)OC(C)(C)C)C(C)=C([C@@H](OC(=O)C4CC4)C(=O)[C@]12C)C3(C)C. The molecule has 24 heteroatoms. The van der Waals surface area contributed by atoms with Gasteiger partial charge in [-0.2, -0.15) is 0 Å². The number of benzene rings is 2. The number of allylic oxidation sites excluding steroid dienone is 1. The lowest BCUT2D eigenvalue weighted by atomic mass is 9.44. The molecule has 0 radical (unpaired) electrons. The Morgan fingerprint density at radius 3 is 2.15 bits per heavy atom. The fourth-order valence-electron chi connectivity index (χ4n) is 12.6. The van der Waals surface area contributed by atoms with E-state index < -0.39 is 154 Å². The van der Waals surface area contributed by atoms with E-state index in [0.717, 1.165) is 0 Å². The Morgan fingerprint density at radius 1 is 0.897 bits per heavy atom. The molecule has 0 aromatic heterocycles. The van der Waals surface area contributed by atoms with Crippen molar-refractivity contribution in [2.24, 2.45) is 22.7 Å². The van der Waals surface area contributed by atoms with Crippen LogP contribution in [0.4, 0.5) is 4.79 Å². The van der Waals surface area contributed by atoms with E-state index in [2.05, 4.69) is 5.32 Å². The number of hydrogen-bond donors (Lipinski definition) is 2. The molecule has 1 unspecified atom stereocenters. The summed E-state index contributed by atoms with van der Waals surface area (Å²) in [5.74, 6) is -9.28. The number of methoxy groups -OCH3 is 1. The molecule has 4 aliphatic carbocycles. The van der Waals surface area contributed by atoms with Gasteiger partial charge in [0, 0.05) is 61.7 Å². The van der Waals surface area contributed by atoms with Gasteiger partial charge in [0.15, 0.2) is 17.5 Å². The fourth-order valence-corrected chi connectivity index (χ4v) is 15.0. The number of fused-ring (bicyclic) bond motifs is 5. The number of carbonyl (C=O) groups excluding carboxylic acids is 10. The smallest absolute Gasteiger partial charge is 0.408 e. The van der Waals surface area contributed by atoms with Gasteiger partial charge in [0.1, 0.15) is 29.5 Å². The molecule has 87 heavy (non-hydrogen) atoms. The second-order valence-corrected chi connectivity index (χ2v) is 27.9. The van der Waals surface area contributed by atoms with E-state index in [0.29, 0.717) is 40.4 Å². The first-order valence-electron chi connectivity index (χ1n) is 29.2. The molecule has 2 bridgehead atoms. The first kappa shape index (κ1) is 66.4. The van der Waals surface area contributed by atoms with Crippen molar-refractivity contribution < 1.29 is 95.8 Å². The van der Waals surface area contributed by atoms with E-state index in [-0.39, 0.29) is 54.2 Å². The highest BCUT2D eigenvalue weighted by Gasteiger charge is 2.79. The average Bonchev–Trinajstić information content (AvgIpc) is 1.16. The molecule has 2 heterocycles. The monoisotopic (exact) mass is 1250 g/mol. The highest BCUT2D eigenvalue weighted by Crippen LogP contribution is 2.65. The van der Waals surface area contributed by atoms with Gasteiger partial charge in [-0.25, -0.2) is 19.2 Å². The Hall–Kier alpha value is -6.60. The number of hydrogen-bond acceptors (Lipinski definition) is 22. The maximum atomic E-state index is 16.3. The number of carbonyl (C=O) groups is 10. The van der Waals surface area contributed by atoms with Gasteiger partial charge in [-0.05, 0) is 103 Å². The van der Waals surface area contributed by atoms with Crippen molar-refractivity contribution in [3.63, 3.8) is 0 Å². The minimum atomic E-state index is -2.45.